The number of benzene rings is 2. The second-order valence-corrected chi connectivity index (χ2v) is 5.05. The summed E-state index contributed by atoms with van der Waals surface area (Å²) in [5.74, 6) is 0.0190. The molecule has 2 aromatic carbocycles. The van der Waals surface area contributed by atoms with Crippen molar-refractivity contribution < 1.29 is 9.90 Å². The van der Waals surface area contributed by atoms with Gasteiger partial charge in [-0.3, -0.25) is 4.79 Å². The van der Waals surface area contributed by atoms with Crippen LogP contribution in [0.4, 0.5) is 0 Å². The second kappa shape index (κ2) is 5.74. The van der Waals surface area contributed by atoms with Gasteiger partial charge in [0, 0.05) is 10.6 Å². The summed E-state index contributed by atoms with van der Waals surface area (Å²) < 4.78 is 0. The fraction of sp³-hybridized carbons (Fsp3) is 0.133. The van der Waals surface area contributed by atoms with Crippen molar-refractivity contribution in [1.82, 2.24) is 0 Å². The van der Waals surface area contributed by atoms with Crippen molar-refractivity contribution in [2.45, 2.75) is 11.3 Å². The van der Waals surface area contributed by atoms with Crippen LogP contribution >= 0.6 is 11.8 Å². The first-order valence-corrected chi connectivity index (χ1v) is 6.66. The first-order chi connectivity index (χ1) is 8.70. The SMILES string of the molecule is C=CCSc1cc(CC(=O)O)cc2ccccc12. The van der Waals surface area contributed by atoms with Crippen LogP contribution in [0, 0.1) is 0 Å². The third-order valence-corrected chi connectivity index (χ3v) is 3.65. The van der Waals surface area contributed by atoms with Gasteiger partial charge in [0.15, 0.2) is 0 Å². The minimum absolute atomic E-state index is 0.0620. The van der Waals surface area contributed by atoms with Gasteiger partial charge in [-0.15, -0.1) is 18.3 Å². The van der Waals surface area contributed by atoms with E-state index >= 15 is 0 Å². The fourth-order valence-electron chi connectivity index (χ4n) is 1.88. The van der Waals surface area contributed by atoms with Crippen LogP contribution in [0.2, 0.25) is 0 Å². The van der Waals surface area contributed by atoms with Crippen LogP contribution in [0.25, 0.3) is 10.8 Å². The number of hydrogen-bond donors (Lipinski definition) is 1. The fourth-order valence-corrected chi connectivity index (χ4v) is 2.75. The average Bonchev–Trinajstić information content (AvgIpc) is 2.35. The normalized spacial score (nSPS) is 10.4. The molecule has 0 saturated heterocycles. The van der Waals surface area contributed by atoms with Gasteiger partial charge in [-0.05, 0) is 22.4 Å². The third-order valence-electron chi connectivity index (χ3n) is 2.60. The van der Waals surface area contributed by atoms with E-state index in [-0.39, 0.29) is 6.42 Å². The Balaban J connectivity index is 2.49. The third kappa shape index (κ3) is 2.93. The molecule has 18 heavy (non-hydrogen) atoms. The maximum absolute atomic E-state index is 10.8. The summed E-state index contributed by atoms with van der Waals surface area (Å²) in [5.41, 5.74) is 0.841. The maximum Gasteiger partial charge on any atom is 0.307 e. The van der Waals surface area contributed by atoms with Crippen molar-refractivity contribution in [3.8, 4) is 0 Å². The molecule has 0 spiro atoms. The molecule has 0 amide bonds. The molecule has 0 aliphatic rings. The maximum atomic E-state index is 10.8. The summed E-state index contributed by atoms with van der Waals surface area (Å²) in [7, 11) is 0. The zero-order chi connectivity index (χ0) is 13.0. The molecule has 0 fully saturated rings. The Kier molecular flexibility index (Phi) is 4.05. The first kappa shape index (κ1) is 12.7. The molecular weight excluding hydrogens is 244 g/mol. The van der Waals surface area contributed by atoms with Gasteiger partial charge in [0.05, 0.1) is 6.42 Å². The average molecular weight is 258 g/mol. The molecule has 0 unspecified atom stereocenters. The van der Waals surface area contributed by atoms with Gasteiger partial charge in [0.1, 0.15) is 0 Å². The summed E-state index contributed by atoms with van der Waals surface area (Å²) >= 11 is 1.68. The van der Waals surface area contributed by atoms with Crippen LogP contribution in [-0.2, 0) is 11.2 Å². The van der Waals surface area contributed by atoms with Crippen LogP contribution in [0.15, 0.2) is 53.9 Å². The molecule has 92 valence electrons. The highest BCUT2D eigenvalue weighted by atomic mass is 32.2. The Morgan fingerprint density at radius 2 is 2.11 bits per heavy atom. The second-order valence-electron chi connectivity index (χ2n) is 3.99. The van der Waals surface area contributed by atoms with Gasteiger partial charge in [0.2, 0.25) is 0 Å². The first-order valence-electron chi connectivity index (χ1n) is 5.68. The van der Waals surface area contributed by atoms with Crippen molar-refractivity contribution >= 4 is 28.5 Å². The smallest absolute Gasteiger partial charge is 0.307 e. The van der Waals surface area contributed by atoms with E-state index in [4.69, 9.17) is 5.11 Å². The number of rotatable bonds is 5. The number of carboxylic acid groups (broad SMARTS) is 1. The van der Waals surface area contributed by atoms with E-state index in [0.717, 1.165) is 21.6 Å². The Hall–Kier alpha value is -1.74. The molecule has 0 aromatic heterocycles. The standard InChI is InChI=1S/C15H14O2S/c1-2-7-18-14-9-11(10-15(16)17)8-12-5-3-4-6-13(12)14/h2-6,8-9H,1,7,10H2,(H,16,17). The highest BCUT2D eigenvalue weighted by Crippen LogP contribution is 2.29. The lowest BCUT2D eigenvalue weighted by Gasteiger charge is -2.08. The van der Waals surface area contributed by atoms with E-state index in [1.807, 2.05) is 36.4 Å². The van der Waals surface area contributed by atoms with Crippen LogP contribution in [-0.4, -0.2) is 16.8 Å². The summed E-state index contributed by atoms with van der Waals surface area (Å²) in [4.78, 5) is 11.9. The van der Waals surface area contributed by atoms with Crippen LogP contribution < -0.4 is 0 Å². The van der Waals surface area contributed by atoms with Crippen molar-refractivity contribution in [3.63, 3.8) is 0 Å². The van der Waals surface area contributed by atoms with Gasteiger partial charge in [-0.25, -0.2) is 0 Å². The number of carbonyl (C=O) groups is 1. The minimum Gasteiger partial charge on any atom is -0.481 e. The molecule has 0 bridgehead atoms. The van der Waals surface area contributed by atoms with Crippen molar-refractivity contribution in [2.75, 3.05) is 5.75 Å². The lowest BCUT2D eigenvalue weighted by Crippen LogP contribution is -2.00. The number of thioether (sulfide) groups is 1. The Labute approximate surface area is 110 Å². The summed E-state index contributed by atoms with van der Waals surface area (Å²) in [6, 6.07) is 11.9. The largest absolute Gasteiger partial charge is 0.481 e. The number of carboxylic acids is 1. The molecule has 0 aliphatic carbocycles. The Morgan fingerprint density at radius 3 is 2.83 bits per heavy atom. The summed E-state index contributed by atoms with van der Waals surface area (Å²) in [6.45, 7) is 3.71. The number of fused-ring (bicyclic) bond motifs is 1. The molecule has 0 atom stereocenters. The van der Waals surface area contributed by atoms with Crippen molar-refractivity contribution in [2.24, 2.45) is 0 Å². The molecular formula is C15H14O2S. The number of hydrogen-bond acceptors (Lipinski definition) is 2. The predicted octanol–water partition coefficient (Wildman–Crippen LogP) is 3.75. The topological polar surface area (TPSA) is 37.3 Å². The van der Waals surface area contributed by atoms with Gasteiger partial charge in [-0.1, -0.05) is 36.4 Å². The van der Waals surface area contributed by atoms with Crippen molar-refractivity contribution in [1.29, 1.82) is 0 Å². The van der Waals surface area contributed by atoms with Crippen LogP contribution in [0.5, 0.6) is 0 Å². The van der Waals surface area contributed by atoms with E-state index in [2.05, 4.69) is 12.6 Å². The summed E-state index contributed by atoms with van der Waals surface area (Å²) in [5, 5.41) is 11.1. The van der Waals surface area contributed by atoms with Crippen LogP contribution in [0.3, 0.4) is 0 Å². The van der Waals surface area contributed by atoms with E-state index in [9.17, 15) is 4.79 Å². The highest BCUT2D eigenvalue weighted by molar-refractivity contribution is 7.99. The van der Waals surface area contributed by atoms with E-state index in [0.29, 0.717) is 0 Å². The zero-order valence-corrected chi connectivity index (χ0v) is 10.7. The lowest BCUT2D eigenvalue weighted by molar-refractivity contribution is -0.136. The van der Waals surface area contributed by atoms with Gasteiger partial charge in [0.25, 0.3) is 0 Å². The van der Waals surface area contributed by atoms with E-state index < -0.39 is 5.97 Å². The highest BCUT2D eigenvalue weighted by Gasteiger charge is 2.06. The predicted molar refractivity (Wildman–Crippen MR) is 76.2 cm³/mol. The summed E-state index contributed by atoms with van der Waals surface area (Å²) in [6.07, 6.45) is 1.91. The molecule has 2 nitrogen and oxygen atoms in total. The molecule has 0 saturated carbocycles. The molecule has 2 aromatic rings. The van der Waals surface area contributed by atoms with E-state index in [1.165, 1.54) is 5.39 Å². The van der Waals surface area contributed by atoms with Gasteiger partial charge >= 0.3 is 5.97 Å². The zero-order valence-electron chi connectivity index (χ0n) is 9.93. The Morgan fingerprint density at radius 1 is 1.33 bits per heavy atom. The molecule has 0 heterocycles. The number of aliphatic carboxylic acids is 1. The molecule has 0 radical (unpaired) electrons. The van der Waals surface area contributed by atoms with E-state index in [1.54, 1.807) is 11.8 Å². The lowest BCUT2D eigenvalue weighted by atomic mass is 10.1. The van der Waals surface area contributed by atoms with Crippen LogP contribution in [0.1, 0.15) is 5.56 Å². The molecule has 2 rings (SSSR count). The van der Waals surface area contributed by atoms with Gasteiger partial charge < -0.3 is 5.11 Å². The molecule has 1 N–H and O–H groups in total. The quantitative estimate of drug-likeness (QED) is 0.655. The monoisotopic (exact) mass is 258 g/mol. The molecule has 3 heteroatoms. The Bertz CT molecular complexity index is 590. The minimum atomic E-state index is -0.801. The van der Waals surface area contributed by atoms with Crippen molar-refractivity contribution in [3.05, 3.63) is 54.6 Å². The van der Waals surface area contributed by atoms with Gasteiger partial charge in [-0.2, -0.15) is 0 Å². The molecule has 0 aliphatic heterocycles.